The predicted molar refractivity (Wildman–Crippen MR) is 70.6 cm³/mol. The zero-order chi connectivity index (χ0) is 14.5. The Kier molecular flexibility index (Phi) is 4.14. The summed E-state index contributed by atoms with van der Waals surface area (Å²) in [6.45, 7) is 0.114. The first kappa shape index (κ1) is 13.8. The van der Waals surface area contributed by atoms with Crippen molar-refractivity contribution in [3.63, 3.8) is 0 Å². The van der Waals surface area contributed by atoms with Gasteiger partial charge in [-0.15, -0.1) is 0 Å². The van der Waals surface area contributed by atoms with E-state index < -0.39 is 6.03 Å². The van der Waals surface area contributed by atoms with Gasteiger partial charge in [0.25, 0.3) is 0 Å². The smallest absolute Gasteiger partial charge is 0.332 e. The highest BCUT2D eigenvalue weighted by atomic mass is 16.7. The quantitative estimate of drug-likeness (QED) is 0.608. The molecule has 1 aromatic carbocycles. The predicted octanol–water partition coefficient (Wildman–Crippen LogP) is 0.629. The Labute approximate surface area is 115 Å². The molecule has 0 spiro atoms. The number of hydrogen-bond acceptors (Lipinski definition) is 6. The summed E-state index contributed by atoms with van der Waals surface area (Å²) in [5.74, 6) is 2.10. The number of methoxy groups -OCH3 is 2. The molecule has 8 heteroatoms. The van der Waals surface area contributed by atoms with Crippen molar-refractivity contribution in [2.45, 2.75) is 6.42 Å². The third-order valence-electron chi connectivity index (χ3n) is 2.64. The van der Waals surface area contributed by atoms with Gasteiger partial charge in [0.05, 0.1) is 14.2 Å². The highest BCUT2D eigenvalue weighted by Crippen LogP contribution is 2.49. The summed E-state index contributed by atoms with van der Waals surface area (Å²) in [5.41, 5.74) is 7.80. The van der Waals surface area contributed by atoms with Gasteiger partial charge in [-0.05, 0) is 6.07 Å². The Morgan fingerprint density at radius 3 is 2.85 bits per heavy atom. The second kappa shape index (κ2) is 6.00. The number of fused-ring (bicyclic) bond motifs is 1. The van der Waals surface area contributed by atoms with Crippen molar-refractivity contribution in [3.05, 3.63) is 11.6 Å². The molecule has 0 radical (unpaired) electrons. The molecule has 20 heavy (non-hydrogen) atoms. The number of benzene rings is 1. The van der Waals surface area contributed by atoms with Gasteiger partial charge in [-0.1, -0.05) is 0 Å². The van der Waals surface area contributed by atoms with Crippen LogP contribution in [0.1, 0.15) is 5.56 Å². The zero-order valence-electron chi connectivity index (χ0n) is 11.1. The topological polar surface area (TPSA) is 104 Å². The van der Waals surface area contributed by atoms with Crippen LogP contribution in [0.3, 0.4) is 0 Å². The number of rotatable bonds is 5. The fourth-order valence-corrected chi connectivity index (χ4v) is 1.85. The number of carbonyl (C=O) groups excluding carboxylic acids is 1. The van der Waals surface area contributed by atoms with Crippen LogP contribution < -0.4 is 30.1 Å². The van der Waals surface area contributed by atoms with Crippen LogP contribution >= 0.6 is 0 Å². The molecule has 8 nitrogen and oxygen atoms in total. The molecule has 0 bridgehead atoms. The number of nitrogens with two attached hydrogens (primary N) is 1. The SMILES string of the molecule is COc1cc(CC=NNC(N)=O)c(OC)c2c1OCO2. The largest absolute Gasteiger partial charge is 0.493 e. The molecule has 2 rings (SSSR count). The summed E-state index contributed by atoms with van der Waals surface area (Å²) in [7, 11) is 3.07. The van der Waals surface area contributed by atoms with Gasteiger partial charge < -0.3 is 24.7 Å². The van der Waals surface area contributed by atoms with Crippen molar-refractivity contribution >= 4 is 12.2 Å². The average Bonchev–Trinajstić information content (AvgIpc) is 2.91. The van der Waals surface area contributed by atoms with Gasteiger partial charge in [0, 0.05) is 18.2 Å². The third-order valence-corrected chi connectivity index (χ3v) is 2.64. The molecular formula is C12H15N3O5. The number of carbonyl (C=O) groups is 1. The molecule has 1 aliphatic rings. The van der Waals surface area contributed by atoms with Crippen LogP contribution in [-0.4, -0.2) is 33.3 Å². The maximum Gasteiger partial charge on any atom is 0.332 e. The second-order valence-corrected chi connectivity index (χ2v) is 3.83. The number of ether oxygens (including phenoxy) is 4. The molecule has 0 saturated heterocycles. The Hall–Kier alpha value is -2.64. The van der Waals surface area contributed by atoms with E-state index in [-0.39, 0.29) is 6.79 Å². The van der Waals surface area contributed by atoms with E-state index in [0.29, 0.717) is 29.4 Å². The van der Waals surface area contributed by atoms with Crippen LogP contribution in [0.5, 0.6) is 23.0 Å². The van der Waals surface area contributed by atoms with Gasteiger partial charge in [0.15, 0.2) is 11.5 Å². The first-order valence-electron chi connectivity index (χ1n) is 5.77. The molecule has 0 fully saturated rings. The summed E-state index contributed by atoms with van der Waals surface area (Å²) >= 11 is 0. The molecule has 0 saturated carbocycles. The van der Waals surface area contributed by atoms with Crippen LogP contribution in [-0.2, 0) is 6.42 Å². The van der Waals surface area contributed by atoms with Gasteiger partial charge in [-0.3, -0.25) is 0 Å². The van der Waals surface area contributed by atoms with Crippen molar-refractivity contribution in [1.82, 2.24) is 5.43 Å². The summed E-state index contributed by atoms with van der Waals surface area (Å²) in [5, 5.41) is 3.67. The van der Waals surface area contributed by atoms with Crippen LogP contribution in [0.25, 0.3) is 0 Å². The Morgan fingerprint density at radius 2 is 2.20 bits per heavy atom. The molecule has 0 unspecified atom stereocenters. The Balaban J connectivity index is 2.28. The van der Waals surface area contributed by atoms with E-state index >= 15 is 0 Å². The maximum absolute atomic E-state index is 10.5. The van der Waals surface area contributed by atoms with Crippen LogP contribution in [0.15, 0.2) is 11.2 Å². The van der Waals surface area contributed by atoms with E-state index in [1.807, 2.05) is 0 Å². The molecule has 1 heterocycles. The standard InChI is InChI=1S/C12H15N3O5/c1-17-8-5-7(3-4-14-15-12(13)16)9(18-2)11-10(8)19-6-20-11/h4-5H,3,6H2,1-2H3,(H3,13,15,16). The molecule has 0 atom stereocenters. The van der Waals surface area contributed by atoms with Gasteiger partial charge >= 0.3 is 6.03 Å². The minimum absolute atomic E-state index is 0.114. The minimum Gasteiger partial charge on any atom is -0.493 e. The molecule has 108 valence electrons. The van der Waals surface area contributed by atoms with Crippen molar-refractivity contribution in [2.75, 3.05) is 21.0 Å². The monoisotopic (exact) mass is 281 g/mol. The van der Waals surface area contributed by atoms with Crippen molar-refractivity contribution in [2.24, 2.45) is 10.8 Å². The molecule has 0 aliphatic carbocycles. The van der Waals surface area contributed by atoms with E-state index in [2.05, 4.69) is 10.5 Å². The Morgan fingerprint density at radius 1 is 1.45 bits per heavy atom. The van der Waals surface area contributed by atoms with E-state index in [0.717, 1.165) is 5.56 Å². The number of nitrogens with one attached hydrogen (secondary N) is 1. The van der Waals surface area contributed by atoms with E-state index in [4.69, 9.17) is 24.7 Å². The third kappa shape index (κ3) is 2.68. The molecule has 0 aromatic heterocycles. The molecule has 2 amide bonds. The second-order valence-electron chi connectivity index (χ2n) is 3.83. The molecule has 3 N–H and O–H groups in total. The van der Waals surface area contributed by atoms with E-state index in [9.17, 15) is 4.79 Å². The Bertz CT molecular complexity index is 544. The van der Waals surface area contributed by atoms with Crippen LogP contribution in [0, 0.1) is 0 Å². The van der Waals surface area contributed by atoms with Crippen molar-refractivity contribution < 1.29 is 23.7 Å². The normalized spacial score (nSPS) is 12.5. The lowest BCUT2D eigenvalue weighted by Crippen LogP contribution is -2.24. The number of amides is 2. The number of urea groups is 1. The maximum atomic E-state index is 10.5. The number of hydrogen-bond donors (Lipinski definition) is 2. The van der Waals surface area contributed by atoms with Gasteiger partial charge in [0.1, 0.15) is 0 Å². The molecule has 1 aliphatic heterocycles. The number of hydrazone groups is 1. The lowest BCUT2D eigenvalue weighted by atomic mass is 10.1. The number of primary amides is 1. The fourth-order valence-electron chi connectivity index (χ4n) is 1.85. The lowest BCUT2D eigenvalue weighted by Gasteiger charge is -2.12. The van der Waals surface area contributed by atoms with Gasteiger partial charge in [0.2, 0.25) is 18.3 Å². The van der Waals surface area contributed by atoms with Gasteiger partial charge in [-0.25, -0.2) is 10.2 Å². The fraction of sp³-hybridized carbons (Fsp3) is 0.333. The minimum atomic E-state index is -0.725. The highest BCUT2D eigenvalue weighted by molar-refractivity contribution is 5.74. The van der Waals surface area contributed by atoms with Crippen LogP contribution in [0.2, 0.25) is 0 Å². The van der Waals surface area contributed by atoms with Gasteiger partial charge in [-0.2, -0.15) is 5.10 Å². The van der Waals surface area contributed by atoms with E-state index in [1.165, 1.54) is 20.4 Å². The van der Waals surface area contributed by atoms with Crippen molar-refractivity contribution in [3.8, 4) is 23.0 Å². The number of nitrogens with zero attached hydrogens (tertiary/aromatic N) is 1. The van der Waals surface area contributed by atoms with E-state index in [1.54, 1.807) is 6.07 Å². The zero-order valence-corrected chi connectivity index (χ0v) is 11.1. The lowest BCUT2D eigenvalue weighted by molar-refractivity contribution is 0.168. The summed E-state index contributed by atoms with van der Waals surface area (Å²) in [4.78, 5) is 10.5. The first-order valence-corrected chi connectivity index (χ1v) is 5.77. The molecular weight excluding hydrogens is 266 g/mol. The summed E-state index contributed by atoms with van der Waals surface area (Å²) < 4.78 is 21.3. The first-order chi connectivity index (χ1) is 9.67. The van der Waals surface area contributed by atoms with Crippen LogP contribution in [0.4, 0.5) is 4.79 Å². The average molecular weight is 281 g/mol. The highest BCUT2D eigenvalue weighted by Gasteiger charge is 2.26. The van der Waals surface area contributed by atoms with Crippen molar-refractivity contribution in [1.29, 1.82) is 0 Å². The summed E-state index contributed by atoms with van der Waals surface area (Å²) in [6.07, 6.45) is 1.89. The molecule has 1 aromatic rings. The summed E-state index contributed by atoms with van der Waals surface area (Å²) in [6, 6.07) is 1.04.